The Morgan fingerprint density at radius 1 is 1.22 bits per heavy atom. The third-order valence-corrected chi connectivity index (χ3v) is 6.39. The van der Waals surface area contributed by atoms with E-state index in [-0.39, 0.29) is 4.75 Å². The van der Waals surface area contributed by atoms with E-state index >= 15 is 0 Å². The van der Waals surface area contributed by atoms with Gasteiger partial charge in [0, 0.05) is 19.1 Å². The molecule has 2 rings (SSSR count). The van der Waals surface area contributed by atoms with Gasteiger partial charge >= 0.3 is 0 Å². The molecule has 1 heterocycles. The zero-order valence-electron chi connectivity index (χ0n) is 11.8. The van der Waals surface area contributed by atoms with Crippen molar-refractivity contribution in [3.05, 3.63) is 0 Å². The average molecular weight is 266 g/mol. The molecule has 0 aromatic rings. The van der Waals surface area contributed by atoms with Crippen LogP contribution in [0, 0.1) is 17.2 Å². The Kier molecular flexibility index (Phi) is 4.98. The molecule has 102 valence electrons. The number of hydrogen-bond donors (Lipinski definition) is 0. The first kappa shape index (κ1) is 14.2. The summed E-state index contributed by atoms with van der Waals surface area (Å²) < 4.78 is -0.0862. The number of nitriles is 1. The number of nitrogens with zero attached hydrogens (tertiary/aromatic N) is 2. The predicted octanol–water partition coefficient (Wildman–Crippen LogP) is 3.68. The molecule has 2 aliphatic rings. The first-order valence-corrected chi connectivity index (χ1v) is 8.66. The molecule has 0 aromatic carbocycles. The monoisotopic (exact) mass is 266 g/mol. The van der Waals surface area contributed by atoms with Gasteiger partial charge in [-0.2, -0.15) is 5.26 Å². The van der Waals surface area contributed by atoms with E-state index in [0.717, 1.165) is 37.9 Å². The summed E-state index contributed by atoms with van der Waals surface area (Å²) in [7, 11) is 0. The first-order valence-electron chi connectivity index (χ1n) is 7.43. The van der Waals surface area contributed by atoms with Crippen molar-refractivity contribution >= 4 is 11.8 Å². The van der Waals surface area contributed by atoms with Gasteiger partial charge in [0.15, 0.2) is 0 Å². The number of rotatable bonds is 3. The second kappa shape index (κ2) is 6.30. The second-order valence-corrected chi connectivity index (χ2v) is 7.12. The molecule has 0 amide bonds. The van der Waals surface area contributed by atoms with Crippen molar-refractivity contribution in [1.82, 2.24) is 4.90 Å². The molecular weight excluding hydrogens is 240 g/mol. The SMILES string of the molecule is CCC1CCC(N2CCC(C#N)(SC)CC2)CC1. The van der Waals surface area contributed by atoms with E-state index in [2.05, 4.69) is 24.1 Å². The molecule has 18 heavy (non-hydrogen) atoms. The van der Waals surface area contributed by atoms with Crippen LogP contribution in [0.4, 0.5) is 0 Å². The molecule has 0 unspecified atom stereocenters. The van der Waals surface area contributed by atoms with E-state index in [9.17, 15) is 5.26 Å². The van der Waals surface area contributed by atoms with Gasteiger partial charge in [-0.3, -0.25) is 0 Å². The highest BCUT2D eigenvalue weighted by Crippen LogP contribution is 2.37. The number of piperidine rings is 1. The normalized spacial score (nSPS) is 32.9. The van der Waals surface area contributed by atoms with Crippen LogP contribution in [0.2, 0.25) is 0 Å². The quantitative estimate of drug-likeness (QED) is 0.780. The van der Waals surface area contributed by atoms with Crippen molar-refractivity contribution in [3.63, 3.8) is 0 Å². The lowest BCUT2D eigenvalue weighted by molar-refractivity contribution is 0.109. The molecule has 0 atom stereocenters. The molecule has 0 spiro atoms. The van der Waals surface area contributed by atoms with Crippen molar-refractivity contribution < 1.29 is 0 Å². The molecule has 2 fully saturated rings. The highest BCUT2D eigenvalue weighted by Gasteiger charge is 2.36. The van der Waals surface area contributed by atoms with Crippen LogP contribution in [0.5, 0.6) is 0 Å². The van der Waals surface area contributed by atoms with E-state index in [1.165, 1.54) is 32.1 Å². The maximum absolute atomic E-state index is 9.32. The smallest absolute Gasteiger partial charge is 0.104 e. The van der Waals surface area contributed by atoms with Crippen molar-refractivity contribution in [2.75, 3.05) is 19.3 Å². The lowest BCUT2D eigenvalue weighted by Gasteiger charge is -2.42. The van der Waals surface area contributed by atoms with Crippen LogP contribution in [0.15, 0.2) is 0 Å². The minimum absolute atomic E-state index is 0.0862. The van der Waals surface area contributed by atoms with Gasteiger partial charge in [0.25, 0.3) is 0 Å². The molecule has 0 N–H and O–H groups in total. The van der Waals surface area contributed by atoms with E-state index in [1.807, 2.05) is 0 Å². The molecule has 0 radical (unpaired) electrons. The van der Waals surface area contributed by atoms with Crippen LogP contribution >= 0.6 is 11.8 Å². The fraction of sp³-hybridized carbons (Fsp3) is 0.933. The molecule has 2 nitrogen and oxygen atoms in total. The summed E-state index contributed by atoms with van der Waals surface area (Å²) in [6.45, 7) is 4.59. The van der Waals surface area contributed by atoms with Crippen molar-refractivity contribution in [1.29, 1.82) is 5.26 Å². The summed E-state index contributed by atoms with van der Waals surface area (Å²) in [5.74, 6) is 0.982. The third-order valence-electron chi connectivity index (χ3n) is 5.11. The fourth-order valence-corrected chi connectivity index (χ4v) is 4.21. The zero-order valence-corrected chi connectivity index (χ0v) is 12.6. The predicted molar refractivity (Wildman–Crippen MR) is 78.7 cm³/mol. The highest BCUT2D eigenvalue weighted by molar-refractivity contribution is 8.00. The Bertz CT molecular complexity index is 294. The highest BCUT2D eigenvalue weighted by atomic mass is 32.2. The molecule has 3 heteroatoms. The Labute approximate surface area is 116 Å². The lowest BCUT2D eigenvalue weighted by atomic mass is 9.83. The Hall–Kier alpha value is -0.200. The van der Waals surface area contributed by atoms with Gasteiger partial charge in [-0.25, -0.2) is 0 Å². The molecule has 1 aliphatic carbocycles. The summed E-state index contributed by atoms with van der Waals surface area (Å²) in [6.07, 6.45) is 11.2. The number of likely N-dealkylation sites (tertiary alicyclic amines) is 1. The van der Waals surface area contributed by atoms with Crippen molar-refractivity contribution in [2.45, 2.75) is 62.7 Å². The zero-order chi connectivity index (χ0) is 13.0. The maximum Gasteiger partial charge on any atom is 0.104 e. The minimum atomic E-state index is -0.0862. The van der Waals surface area contributed by atoms with Gasteiger partial charge in [0.2, 0.25) is 0 Å². The second-order valence-electron chi connectivity index (χ2n) is 5.93. The largest absolute Gasteiger partial charge is 0.300 e. The van der Waals surface area contributed by atoms with Crippen molar-refractivity contribution in [2.24, 2.45) is 5.92 Å². The Morgan fingerprint density at radius 2 is 1.83 bits per heavy atom. The van der Waals surface area contributed by atoms with Crippen LogP contribution in [0.3, 0.4) is 0 Å². The lowest BCUT2D eigenvalue weighted by Crippen LogP contribution is -2.47. The molecule has 0 aromatic heterocycles. The summed E-state index contributed by atoms with van der Waals surface area (Å²) in [4.78, 5) is 2.66. The van der Waals surface area contributed by atoms with E-state index in [1.54, 1.807) is 11.8 Å². The van der Waals surface area contributed by atoms with Gasteiger partial charge in [-0.05, 0) is 50.7 Å². The van der Waals surface area contributed by atoms with Gasteiger partial charge < -0.3 is 4.90 Å². The summed E-state index contributed by atoms with van der Waals surface area (Å²) in [6, 6.07) is 3.35. The van der Waals surface area contributed by atoms with Crippen LogP contribution in [-0.4, -0.2) is 35.0 Å². The molecule has 0 bridgehead atoms. The molecule has 1 aliphatic heterocycles. The Morgan fingerprint density at radius 3 is 2.28 bits per heavy atom. The number of hydrogen-bond acceptors (Lipinski definition) is 3. The van der Waals surface area contributed by atoms with Crippen LogP contribution in [-0.2, 0) is 0 Å². The summed E-state index contributed by atoms with van der Waals surface area (Å²) in [5.41, 5.74) is 0. The fourth-order valence-electron chi connectivity index (χ4n) is 3.53. The van der Waals surface area contributed by atoms with Crippen LogP contribution in [0.25, 0.3) is 0 Å². The maximum atomic E-state index is 9.32. The standard InChI is InChI=1S/C15H26N2S/c1-3-13-4-6-14(7-5-13)17-10-8-15(12-16,18-2)9-11-17/h13-14H,3-11H2,1-2H3. The summed E-state index contributed by atoms with van der Waals surface area (Å²) >= 11 is 1.76. The molecule has 1 saturated heterocycles. The van der Waals surface area contributed by atoms with E-state index < -0.39 is 0 Å². The van der Waals surface area contributed by atoms with Crippen molar-refractivity contribution in [3.8, 4) is 6.07 Å². The van der Waals surface area contributed by atoms with Crippen LogP contribution < -0.4 is 0 Å². The summed E-state index contributed by atoms with van der Waals surface area (Å²) in [5, 5.41) is 9.32. The topological polar surface area (TPSA) is 27.0 Å². The van der Waals surface area contributed by atoms with E-state index in [4.69, 9.17) is 0 Å². The third kappa shape index (κ3) is 3.03. The van der Waals surface area contributed by atoms with E-state index in [0.29, 0.717) is 0 Å². The molecular formula is C15H26N2S. The van der Waals surface area contributed by atoms with Gasteiger partial charge in [0.1, 0.15) is 4.75 Å². The first-order chi connectivity index (χ1) is 8.73. The van der Waals surface area contributed by atoms with Gasteiger partial charge in [-0.1, -0.05) is 13.3 Å². The Balaban J connectivity index is 1.82. The average Bonchev–Trinajstić information content (AvgIpc) is 2.47. The van der Waals surface area contributed by atoms with Gasteiger partial charge in [0.05, 0.1) is 6.07 Å². The van der Waals surface area contributed by atoms with Gasteiger partial charge in [-0.15, -0.1) is 11.8 Å². The number of thioether (sulfide) groups is 1. The minimum Gasteiger partial charge on any atom is -0.300 e. The van der Waals surface area contributed by atoms with Crippen LogP contribution in [0.1, 0.15) is 51.9 Å². The molecule has 1 saturated carbocycles.